The fourth-order valence-corrected chi connectivity index (χ4v) is 1.90. The van der Waals surface area contributed by atoms with Crippen LogP contribution in [-0.4, -0.2) is 36.3 Å². The third-order valence-corrected chi connectivity index (χ3v) is 2.75. The molecular weight excluding hydrogens is 240 g/mol. The predicted molar refractivity (Wildman–Crippen MR) is 79.8 cm³/mol. The standard InChI is InChI=1S/C14H26N4O/c1-4-8-12-13(15-5-2)17-11-18-14(12)16-9-7-10-19-6-3/h11H,4-10H2,1-3H3,(H2,15,16,17,18). The first-order chi connectivity index (χ1) is 9.33. The summed E-state index contributed by atoms with van der Waals surface area (Å²) < 4.78 is 5.33. The summed E-state index contributed by atoms with van der Waals surface area (Å²) in [5.41, 5.74) is 1.18. The molecule has 0 amide bonds. The van der Waals surface area contributed by atoms with Gasteiger partial charge in [-0.05, 0) is 26.7 Å². The second-order valence-electron chi connectivity index (χ2n) is 4.31. The summed E-state index contributed by atoms with van der Waals surface area (Å²) in [5.74, 6) is 1.90. The van der Waals surface area contributed by atoms with Crippen LogP contribution in [0.2, 0.25) is 0 Å². The van der Waals surface area contributed by atoms with Crippen LogP contribution in [0.3, 0.4) is 0 Å². The summed E-state index contributed by atoms with van der Waals surface area (Å²) >= 11 is 0. The van der Waals surface area contributed by atoms with Gasteiger partial charge in [0.2, 0.25) is 0 Å². The topological polar surface area (TPSA) is 59.1 Å². The lowest BCUT2D eigenvalue weighted by atomic mass is 10.1. The molecule has 2 N–H and O–H groups in total. The Balaban J connectivity index is 2.61. The minimum absolute atomic E-state index is 0.777. The molecule has 0 spiro atoms. The molecule has 0 aliphatic carbocycles. The molecule has 1 heterocycles. The molecule has 5 heteroatoms. The molecule has 19 heavy (non-hydrogen) atoms. The Morgan fingerprint density at radius 1 is 1.11 bits per heavy atom. The van der Waals surface area contributed by atoms with E-state index in [0.717, 1.165) is 57.2 Å². The molecule has 1 rings (SSSR count). The van der Waals surface area contributed by atoms with Gasteiger partial charge in [-0.15, -0.1) is 0 Å². The zero-order valence-corrected chi connectivity index (χ0v) is 12.3. The molecule has 5 nitrogen and oxygen atoms in total. The van der Waals surface area contributed by atoms with Crippen molar-refractivity contribution in [2.24, 2.45) is 0 Å². The molecule has 0 unspecified atom stereocenters. The van der Waals surface area contributed by atoms with Gasteiger partial charge in [-0.3, -0.25) is 0 Å². The molecular formula is C14H26N4O. The maximum Gasteiger partial charge on any atom is 0.134 e. The molecule has 0 bridgehead atoms. The smallest absolute Gasteiger partial charge is 0.134 e. The van der Waals surface area contributed by atoms with E-state index in [1.54, 1.807) is 6.33 Å². The van der Waals surface area contributed by atoms with Crippen molar-refractivity contribution in [3.8, 4) is 0 Å². The molecule has 0 saturated carbocycles. The van der Waals surface area contributed by atoms with Crippen molar-refractivity contribution in [3.63, 3.8) is 0 Å². The normalized spacial score (nSPS) is 10.5. The van der Waals surface area contributed by atoms with Crippen molar-refractivity contribution in [3.05, 3.63) is 11.9 Å². The second-order valence-corrected chi connectivity index (χ2v) is 4.31. The minimum Gasteiger partial charge on any atom is -0.382 e. The van der Waals surface area contributed by atoms with Gasteiger partial charge in [0.1, 0.15) is 18.0 Å². The molecule has 0 aromatic carbocycles. The highest BCUT2D eigenvalue weighted by molar-refractivity contribution is 5.57. The number of hydrogen-bond acceptors (Lipinski definition) is 5. The van der Waals surface area contributed by atoms with E-state index >= 15 is 0 Å². The molecule has 0 aliphatic rings. The molecule has 1 aromatic rings. The van der Waals surface area contributed by atoms with Crippen LogP contribution in [-0.2, 0) is 11.2 Å². The van der Waals surface area contributed by atoms with Crippen LogP contribution < -0.4 is 10.6 Å². The maximum absolute atomic E-state index is 5.33. The zero-order chi connectivity index (χ0) is 13.9. The van der Waals surface area contributed by atoms with Crippen molar-refractivity contribution in [1.29, 1.82) is 0 Å². The Morgan fingerprint density at radius 3 is 2.47 bits per heavy atom. The Bertz CT molecular complexity index is 357. The Kier molecular flexibility index (Phi) is 7.89. The van der Waals surface area contributed by atoms with Crippen molar-refractivity contribution in [2.45, 2.75) is 40.0 Å². The summed E-state index contributed by atoms with van der Waals surface area (Å²) in [6.07, 6.45) is 4.67. The summed E-state index contributed by atoms with van der Waals surface area (Å²) in [4.78, 5) is 8.67. The highest BCUT2D eigenvalue weighted by Gasteiger charge is 2.09. The maximum atomic E-state index is 5.33. The third-order valence-electron chi connectivity index (χ3n) is 2.75. The monoisotopic (exact) mass is 266 g/mol. The van der Waals surface area contributed by atoms with Crippen LogP contribution in [0.4, 0.5) is 11.6 Å². The lowest BCUT2D eigenvalue weighted by Crippen LogP contribution is -2.12. The van der Waals surface area contributed by atoms with Crippen molar-refractivity contribution in [2.75, 3.05) is 36.9 Å². The van der Waals surface area contributed by atoms with Gasteiger partial charge in [-0.1, -0.05) is 13.3 Å². The molecule has 0 radical (unpaired) electrons. The number of nitrogens with zero attached hydrogens (tertiary/aromatic N) is 2. The fourth-order valence-electron chi connectivity index (χ4n) is 1.90. The summed E-state index contributed by atoms with van der Waals surface area (Å²) in [6, 6.07) is 0. The van der Waals surface area contributed by atoms with Crippen LogP contribution in [0.25, 0.3) is 0 Å². The highest BCUT2D eigenvalue weighted by Crippen LogP contribution is 2.21. The van der Waals surface area contributed by atoms with E-state index in [2.05, 4.69) is 34.4 Å². The number of anilines is 2. The first-order valence-corrected chi connectivity index (χ1v) is 7.22. The van der Waals surface area contributed by atoms with Gasteiger partial charge in [0.15, 0.2) is 0 Å². The van der Waals surface area contributed by atoms with Gasteiger partial charge in [0.05, 0.1) is 0 Å². The van der Waals surface area contributed by atoms with E-state index in [0.29, 0.717) is 0 Å². The van der Waals surface area contributed by atoms with Crippen LogP contribution in [0, 0.1) is 0 Å². The summed E-state index contributed by atoms with van der Waals surface area (Å²) in [7, 11) is 0. The number of aromatic nitrogens is 2. The number of rotatable bonds is 10. The Morgan fingerprint density at radius 2 is 1.84 bits per heavy atom. The first kappa shape index (κ1) is 15.7. The van der Waals surface area contributed by atoms with Gasteiger partial charge in [-0.25, -0.2) is 9.97 Å². The van der Waals surface area contributed by atoms with Crippen LogP contribution in [0.1, 0.15) is 39.2 Å². The molecule has 1 aromatic heterocycles. The van der Waals surface area contributed by atoms with Gasteiger partial charge in [0, 0.05) is 31.9 Å². The average molecular weight is 266 g/mol. The largest absolute Gasteiger partial charge is 0.382 e. The molecule has 0 fully saturated rings. The molecule has 0 atom stereocenters. The van der Waals surface area contributed by atoms with Crippen molar-refractivity contribution in [1.82, 2.24) is 9.97 Å². The van der Waals surface area contributed by atoms with E-state index in [1.807, 2.05) is 6.92 Å². The summed E-state index contributed by atoms with van der Waals surface area (Å²) in [6.45, 7) is 9.57. The van der Waals surface area contributed by atoms with Crippen LogP contribution in [0.15, 0.2) is 6.33 Å². The van der Waals surface area contributed by atoms with Gasteiger partial charge in [-0.2, -0.15) is 0 Å². The number of ether oxygens (including phenoxy) is 1. The highest BCUT2D eigenvalue weighted by atomic mass is 16.5. The second kappa shape index (κ2) is 9.55. The SMILES string of the molecule is CCCc1c(NCC)ncnc1NCCCOCC. The predicted octanol–water partition coefficient (Wildman–Crippen LogP) is 2.70. The van der Waals surface area contributed by atoms with Gasteiger partial charge in [0.25, 0.3) is 0 Å². The van der Waals surface area contributed by atoms with Crippen molar-refractivity contribution >= 4 is 11.6 Å². The molecule has 0 aliphatic heterocycles. The van der Waals surface area contributed by atoms with E-state index in [1.165, 1.54) is 5.56 Å². The Hall–Kier alpha value is -1.36. The lowest BCUT2D eigenvalue weighted by molar-refractivity contribution is 0.147. The van der Waals surface area contributed by atoms with Crippen LogP contribution >= 0.6 is 0 Å². The quantitative estimate of drug-likeness (QED) is 0.638. The minimum atomic E-state index is 0.777. The zero-order valence-electron chi connectivity index (χ0n) is 12.3. The first-order valence-electron chi connectivity index (χ1n) is 7.22. The lowest BCUT2D eigenvalue weighted by Gasteiger charge is -2.14. The Labute approximate surface area is 116 Å². The van der Waals surface area contributed by atoms with Crippen LogP contribution in [0.5, 0.6) is 0 Å². The van der Waals surface area contributed by atoms with Crippen molar-refractivity contribution < 1.29 is 4.74 Å². The molecule has 0 saturated heterocycles. The van der Waals surface area contributed by atoms with E-state index in [4.69, 9.17) is 4.74 Å². The molecule has 108 valence electrons. The van der Waals surface area contributed by atoms with Gasteiger partial charge < -0.3 is 15.4 Å². The van der Waals surface area contributed by atoms with Gasteiger partial charge >= 0.3 is 0 Å². The van der Waals surface area contributed by atoms with E-state index in [9.17, 15) is 0 Å². The summed E-state index contributed by atoms with van der Waals surface area (Å²) in [5, 5.41) is 6.68. The van der Waals surface area contributed by atoms with E-state index in [-0.39, 0.29) is 0 Å². The van der Waals surface area contributed by atoms with E-state index < -0.39 is 0 Å². The number of nitrogens with one attached hydrogen (secondary N) is 2. The fraction of sp³-hybridized carbons (Fsp3) is 0.714. The average Bonchev–Trinajstić information content (AvgIpc) is 2.42. The third kappa shape index (κ3) is 5.42. The number of hydrogen-bond donors (Lipinski definition) is 2.